The highest BCUT2D eigenvalue weighted by atomic mass is 79.9. The summed E-state index contributed by atoms with van der Waals surface area (Å²) in [5, 5.41) is 22.0. The van der Waals surface area contributed by atoms with Crippen LogP contribution in [0.25, 0.3) is 0 Å². The minimum Gasteiger partial charge on any atom is -0.391 e. The predicted octanol–water partition coefficient (Wildman–Crippen LogP) is 2.65. The van der Waals surface area contributed by atoms with Crippen molar-refractivity contribution in [2.75, 3.05) is 5.32 Å². The average molecular weight is 281 g/mol. The zero-order valence-corrected chi connectivity index (χ0v) is 10.4. The summed E-state index contributed by atoms with van der Waals surface area (Å²) < 4.78 is 0.890. The van der Waals surface area contributed by atoms with E-state index in [1.807, 2.05) is 12.1 Å². The Morgan fingerprint density at radius 2 is 2.25 bits per heavy atom. The van der Waals surface area contributed by atoms with E-state index in [0.717, 1.165) is 29.4 Å². The van der Waals surface area contributed by atoms with E-state index in [1.54, 1.807) is 6.07 Å². The maximum atomic E-state index is 9.71. The smallest absolute Gasteiger partial charge is 0.101 e. The van der Waals surface area contributed by atoms with Gasteiger partial charge in [0.2, 0.25) is 0 Å². The third-order valence-electron chi connectivity index (χ3n) is 2.92. The molecule has 0 spiro atoms. The first kappa shape index (κ1) is 11.4. The summed E-state index contributed by atoms with van der Waals surface area (Å²) in [7, 11) is 0. The number of nitrogens with zero attached hydrogens (tertiary/aromatic N) is 1. The maximum absolute atomic E-state index is 9.71. The number of halogens is 1. The number of hydrogen-bond donors (Lipinski definition) is 2. The lowest BCUT2D eigenvalue weighted by Crippen LogP contribution is -2.28. The molecule has 2 atom stereocenters. The van der Waals surface area contributed by atoms with Crippen molar-refractivity contribution in [1.82, 2.24) is 0 Å². The lowest BCUT2D eigenvalue weighted by atomic mass is 10.1. The number of nitriles is 1. The molecule has 0 heterocycles. The molecule has 0 aromatic heterocycles. The monoisotopic (exact) mass is 280 g/mol. The number of aliphatic hydroxyl groups excluding tert-OH is 1. The van der Waals surface area contributed by atoms with Crippen LogP contribution in [-0.4, -0.2) is 17.3 Å². The number of nitrogens with one attached hydrogen (secondary N) is 1. The van der Waals surface area contributed by atoms with Gasteiger partial charge in [0.15, 0.2) is 0 Å². The van der Waals surface area contributed by atoms with E-state index >= 15 is 0 Å². The van der Waals surface area contributed by atoms with Crippen molar-refractivity contribution in [3.05, 3.63) is 28.2 Å². The molecule has 1 aromatic carbocycles. The van der Waals surface area contributed by atoms with Gasteiger partial charge in [-0.2, -0.15) is 5.26 Å². The van der Waals surface area contributed by atoms with Gasteiger partial charge < -0.3 is 10.4 Å². The highest BCUT2D eigenvalue weighted by molar-refractivity contribution is 9.10. The Bertz CT molecular complexity index is 428. The molecule has 16 heavy (non-hydrogen) atoms. The quantitative estimate of drug-likeness (QED) is 0.876. The molecule has 1 saturated carbocycles. The molecule has 2 rings (SSSR count). The van der Waals surface area contributed by atoms with Crippen molar-refractivity contribution in [2.24, 2.45) is 0 Å². The second-order valence-corrected chi connectivity index (χ2v) is 4.97. The zero-order valence-electron chi connectivity index (χ0n) is 8.78. The standard InChI is InChI=1S/C12H13BrN2O/c13-9-4-5-10(8(6-9)7-14)15-11-2-1-3-12(11)16/h4-6,11-12,15-16H,1-3H2/t11-,12-/m1/s1. The third-order valence-corrected chi connectivity index (χ3v) is 3.42. The van der Waals surface area contributed by atoms with Gasteiger partial charge in [-0.05, 0) is 37.5 Å². The highest BCUT2D eigenvalue weighted by Gasteiger charge is 2.25. The first-order valence-electron chi connectivity index (χ1n) is 5.35. The summed E-state index contributed by atoms with van der Waals surface area (Å²) in [5.74, 6) is 0. The molecule has 1 aliphatic rings. The minimum atomic E-state index is -0.296. The largest absolute Gasteiger partial charge is 0.391 e. The van der Waals surface area contributed by atoms with Crippen molar-refractivity contribution < 1.29 is 5.11 Å². The first-order chi connectivity index (χ1) is 7.70. The van der Waals surface area contributed by atoms with Crippen LogP contribution in [0.15, 0.2) is 22.7 Å². The summed E-state index contributed by atoms with van der Waals surface area (Å²) in [6, 6.07) is 7.77. The topological polar surface area (TPSA) is 56.0 Å². The Balaban J connectivity index is 2.18. The van der Waals surface area contributed by atoms with E-state index in [-0.39, 0.29) is 12.1 Å². The van der Waals surface area contributed by atoms with Crippen molar-refractivity contribution >= 4 is 21.6 Å². The van der Waals surface area contributed by atoms with Crippen LogP contribution < -0.4 is 5.32 Å². The van der Waals surface area contributed by atoms with E-state index in [1.165, 1.54) is 0 Å². The summed E-state index contributed by atoms with van der Waals surface area (Å²) in [4.78, 5) is 0. The summed E-state index contributed by atoms with van der Waals surface area (Å²) in [6.07, 6.45) is 2.55. The third kappa shape index (κ3) is 2.37. The van der Waals surface area contributed by atoms with E-state index in [0.29, 0.717) is 5.56 Å². The van der Waals surface area contributed by atoms with Crippen molar-refractivity contribution in [2.45, 2.75) is 31.4 Å². The van der Waals surface area contributed by atoms with Gasteiger partial charge in [-0.1, -0.05) is 15.9 Å². The highest BCUT2D eigenvalue weighted by Crippen LogP contribution is 2.26. The number of aliphatic hydroxyl groups is 1. The molecular weight excluding hydrogens is 268 g/mol. The molecule has 2 N–H and O–H groups in total. The summed E-state index contributed by atoms with van der Waals surface area (Å²) in [5.41, 5.74) is 1.41. The molecule has 0 unspecified atom stereocenters. The lowest BCUT2D eigenvalue weighted by Gasteiger charge is -2.18. The zero-order chi connectivity index (χ0) is 11.5. The van der Waals surface area contributed by atoms with Crippen molar-refractivity contribution in [3.63, 3.8) is 0 Å². The van der Waals surface area contributed by atoms with Crippen LogP contribution in [0.2, 0.25) is 0 Å². The Morgan fingerprint density at radius 3 is 2.88 bits per heavy atom. The molecule has 1 fully saturated rings. The fraction of sp³-hybridized carbons (Fsp3) is 0.417. The van der Waals surface area contributed by atoms with Gasteiger partial charge in [-0.3, -0.25) is 0 Å². The van der Waals surface area contributed by atoms with Crippen LogP contribution in [0.3, 0.4) is 0 Å². The molecule has 0 aliphatic heterocycles. The van der Waals surface area contributed by atoms with Crippen molar-refractivity contribution in [1.29, 1.82) is 5.26 Å². The molecule has 0 radical (unpaired) electrons. The van der Waals surface area contributed by atoms with Crippen LogP contribution in [0.4, 0.5) is 5.69 Å². The molecule has 3 nitrogen and oxygen atoms in total. The Hall–Kier alpha value is -1.05. The van der Waals surface area contributed by atoms with Crippen LogP contribution in [0.5, 0.6) is 0 Å². The van der Waals surface area contributed by atoms with Crippen LogP contribution in [-0.2, 0) is 0 Å². The van der Waals surface area contributed by atoms with E-state index in [4.69, 9.17) is 5.26 Å². The van der Waals surface area contributed by atoms with E-state index in [9.17, 15) is 5.11 Å². The second-order valence-electron chi connectivity index (χ2n) is 4.05. The normalized spacial score (nSPS) is 24.1. The molecule has 0 saturated heterocycles. The lowest BCUT2D eigenvalue weighted by molar-refractivity contribution is 0.172. The van der Waals surface area contributed by atoms with Gasteiger partial charge in [0.05, 0.1) is 23.4 Å². The molecule has 1 aromatic rings. The Morgan fingerprint density at radius 1 is 1.44 bits per heavy atom. The van der Waals surface area contributed by atoms with Crippen LogP contribution in [0.1, 0.15) is 24.8 Å². The molecular formula is C12H13BrN2O. The number of hydrogen-bond acceptors (Lipinski definition) is 3. The van der Waals surface area contributed by atoms with E-state index < -0.39 is 0 Å². The number of benzene rings is 1. The fourth-order valence-corrected chi connectivity index (χ4v) is 2.40. The second kappa shape index (κ2) is 4.86. The molecule has 84 valence electrons. The average Bonchev–Trinajstić information content (AvgIpc) is 2.67. The number of rotatable bonds is 2. The van der Waals surface area contributed by atoms with Crippen LogP contribution >= 0.6 is 15.9 Å². The SMILES string of the molecule is N#Cc1cc(Br)ccc1N[C@@H]1CCC[C@H]1O. The minimum absolute atomic E-state index is 0.0771. The van der Waals surface area contributed by atoms with Gasteiger partial charge >= 0.3 is 0 Å². The van der Waals surface area contributed by atoms with Crippen molar-refractivity contribution in [3.8, 4) is 6.07 Å². The molecule has 1 aliphatic carbocycles. The van der Waals surface area contributed by atoms with Gasteiger partial charge in [0.1, 0.15) is 6.07 Å². The fourth-order valence-electron chi connectivity index (χ4n) is 2.04. The summed E-state index contributed by atoms with van der Waals surface area (Å²) in [6.45, 7) is 0. The molecule has 0 bridgehead atoms. The van der Waals surface area contributed by atoms with E-state index in [2.05, 4.69) is 27.3 Å². The summed E-state index contributed by atoms with van der Waals surface area (Å²) >= 11 is 3.33. The first-order valence-corrected chi connectivity index (χ1v) is 6.14. The van der Waals surface area contributed by atoms with Gasteiger partial charge in [0.25, 0.3) is 0 Å². The molecule has 0 amide bonds. The van der Waals surface area contributed by atoms with Gasteiger partial charge in [-0.25, -0.2) is 0 Å². The van der Waals surface area contributed by atoms with Crippen LogP contribution in [0, 0.1) is 11.3 Å². The Labute approximate surface area is 103 Å². The predicted molar refractivity (Wildman–Crippen MR) is 66.1 cm³/mol. The number of anilines is 1. The van der Waals surface area contributed by atoms with Gasteiger partial charge in [0, 0.05) is 4.47 Å². The van der Waals surface area contributed by atoms with Gasteiger partial charge in [-0.15, -0.1) is 0 Å². The Kier molecular flexibility index (Phi) is 3.47. The molecule has 4 heteroatoms. The maximum Gasteiger partial charge on any atom is 0.101 e.